The fraction of sp³-hybridized carbons (Fsp3) is 0.462. The standard InChI is InChI=1S/C26H30F3N3O3/c1-2-3-4-18-5-7-20(8-6-18)32-17-19(15-24(32)33)25(34)30-23-10-9-21(16-22(23)26(27,28)29)31-11-13-35-14-12-31/h5-10,16,19H,2-4,11-15,17H2,1H3,(H,30,34). The predicted molar refractivity (Wildman–Crippen MR) is 129 cm³/mol. The third-order valence-electron chi connectivity index (χ3n) is 6.51. The van der Waals surface area contributed by atoms with E-state index in [0.717, 1.165) is 25.3 Å². The van der Waals surface area contributed by atoms with Crippen molar-refractivity contribution in [2.45, 2.75) is 38.8 Å². The fourth-order valence-electron chi connectivity index (χ4n) is 4.49. The maximum atomic E-state index is 13.8. The van der Waals surface area contributed by atoms with E-state index in [-0.39, 0.29) is 24.6 Å². The second kappa shape index (κ2) is 10.7. The normalized spacial score (nSPS) is 18.7. The van der Waals surface area contributed by atoms with Crippen LogP contribution in [-0.2, 0) is 26.9 Å². The number of amides is 2. The molecule has 4 rings (SSSR count). The molecule has 2 aromatic rings. The molecule has 0 aliphatic carbocycles. The van der Waals surface area contributed by atoms with E-state index in [4.69, 9.17) is 4.74 Å². The van der Waals surface area contributed by atoms with Gasteiger partial charge in [0.15, 0.2) is 0 Å². The molecule has 9 heteroatoms. The molecule has 2 aliphatic heterocycles. The monoisotopic (exact) mass is 489 g/mol. The van der Waals surface area contributed by atoms with Gasteiger partial charge in [-0.1, -0.05) is 25.5 Å². The number of halogens is 3. The molecular weight excluding hydrogens is 459 g/mol. The van der Waals surface area contributed by atoms with Gasteiger partial charge in [-0.25, -0.2) is 0 Å². The number of unbranched alkanes of at least 4 members (excludes halogenated alkanes) is 1. The Morgan fingerprint density at radius 3 is 2.43 bits per heavy atom. The lowest BCUT2D eigenvalue weighted by atomic mass is 10.1. The molecule has 6 nitrogen and oxygen atoms in total. The number of ether oxygens (including phenoxy) is 1. The first-order valence-corrected chi connectivity index (χ1v) is 12.0. The van der Waals surface area contributed by atoms with Crippen molar-refractivity contribution in [3.05, 3.63) is 53.6 Å². The molecule has 0 radical (unpaired) electrons. The highest BCUT2D eigenvalue weighted by molar-refractivity contribution is 6.03. The smallest absolute Gasteiger partial charge is 0.378 e. The molecule has 1 unspecified atom stereocenters. The summed E-state index contributed by atoms with van der Waals surface area (Å²) in [4.78, 5) is 28.8. The average molecular weight is 490 g/mol. The molecular formula is C26H30F3N3O3. The van der Waals surface area contributed by atoms with Gasteiger partial charge in [-0.2, -0.15) is 13.2 Å². The lowest BCUT2D eigenvalue weighted by Crippen LogP contribution is -2.36. The molecule has 188 valence electrons. The number of alkyl halides is 3. The number of hydrogen-bond acceptors (Lipinski definition) is 4. The van der Waals surface area contributed by atoms with Crippen LogP contribution in [0.5, 0.6) is 0 Å². The molecule has 0 spiro atoms. The first kappa shape index (κ1) is 25.0. The summed E-state index contributed by atoms with van der Waals surface area (Å²) in [6.07, 6.45) is -1.55. The summed E-state index contributed by atoms with van der Waals surface area (Å²) < 4.78 is 46.7. The fourth-order valence-corrected chi connectivity index (χ4v) is 4.49. The van der Waals surface area contributed by atoms with E-state index in [1.807, 2.05) is 29.2 Å². The summed E-state index contributed by atoms with van der Waals surface area (Å²) in [5, 5.41) is 2.43. The van der Waals surface area contributed by atoms with Crippen molar-refractivity contribution >= 4 is 28.9 Å². The van der Waals surface area contributed by atoms with Crippen LogP contribution in [-0.4, -0.2) is 44.7 Å². The van der Waals surface area contributed by atoms with Crippen molar-refractivity contribution in [1.82, 2.24) is 0 Å². The molecule has 2 amide bonds. The number of nitrogens with one attached hydrogen (secondary N) is 1. The highest BCUT2D eigenvalue weighted by Crippen LogP contribution is 2.38. The van der Waals surface area contributed by atoms with Crippen LogP contribution in [0.25, 0.3) is 0 Å². The summed E-state index contributed by atoms with van der Waals surface area (Å²) >= 11 is 0. The van der Waals surface area contributed by atoms with Gasteiger partial charge in [0.1, 0.15) is 0 Å². The maximum Gasteiger partial charge on any atom is 0.418 e. The molecule has 2 aromatic carbocycles. The van der Waals surface area contributed by atoms with Crippen molar-refractivity contribution in [2.75, 3.05) is 48.0 Å². The summed E-state index contributed by atoms with van der Waals surface area (Å²) in [5.74, 6) is -1.54. The summed E-state index contributed by atoms with van der Waals surface area (Å²) in [6.45, 7) is 4.16. The van der Waals surface area contributed by atoms with Crippen LogP contribution in [0, 0.1) is 5.92 Å². The number of benzene rings is 2. The lowest BCUT2D eigenvalue weighted by molar-refractivity contribution is -0.137. The van der Waals surface area contributed by atoms with E-state index in [2.05, 4.69) is 12.2 Å². The van der Waals surface area contributed by atoms with Crippen LogP contribution in [0.3, 0.4) is 0 Å². The SMILES string of the molecule is CCCCc1ccc(N2CC(C(=O)Nc3ccc(N4CCOCC4)cc3C(F)(F)F)CC2=O)cc1. The maximum absolute atomic E-state index is 13.8. The van der Waals surface area contributed by atoms with Crippen LogP contribution in [0.1, 0.15) is 37.3 Å². The summed E-state index contributed by atoms with van der Waals surface area (Å²) in [5.41, 5.74) is 1.10. The Bertz CT molecular complexity index is 1050. The second-order valence-corrected chi connectivity index (χ2v) is 8.99. The van der Waals surface area contributed by atoms with Gasteiger partial charge in [0.2, 0.25) is 11.8 Å². The third kappa shape index (κ3) is 5.96. The summed E-state index contributed by atoms with van der Waals surface area (Å²) in [6, 6.07) is 11.6. The van der Waals surface area contributed by atoms with E-state index in [1.54, 1.807) is 6.07 Å². The van der Waals surface area contributed by atoms with Gasteiger partial charge in [0.25, 0.3) is 0 Å². The average Bonchev–Trinajstić information content (AvgIpc) is 3.25. The Morgan fingerprint density at radius 2 is 1.77 bits per heavy atom. The van der Waals surface area contributed by atoms with Crippen molar-refractivity contribution < 1.29 is 27.5 Å². The highest BCUT2D eigenvalue weighted by Gasteiger charge is 2.38. The molecule has 35 heavy (non-hydrogen) atoms. The molecule has 2 heterocycles. The third-order valence-corrected chi connectivity index (χ3v) is 6.51. The van der Waals surface area contributed by atoms with Crippen LogP contribution in [0.4, 0.5) is 30.2 Å². The number of nitrogens with zero attached hydrogens (tertiary/aromatic N) is 2. The van der Waals surface area contributed by atoms with E-state index < -0.39 is 23.6 Å². The van der Waals surface area contributed by atoms with Gasteiger partial charge in [-0.3, -0.25) is 9.59 Å². The first-order valence-electron chi connectivity index (χ1n) is 12.0. The van der Waals surface area contributed by atoms with E-state index >= 15 is 0 Å². The molecule has 0 aromatic heterocycles. The molecule has 2 aliphatic rings. The van der Waals surface area contributed by atoms with Crippen molar-refractivity contribution in [1.29, 1.82) is 0 Å². The zero-order chi connectivity index (χ0) is 25.0. The Morgan fingerprint density at radius 1 is 1.09 bits per heavy atom. The molecule has 0 saturated carbocycles. The topological polar surface area (TPSA) is 61.9 Å². The van der Waals surface area contributed by atoms with Gasteiger partial charge in [0.05, 0.1) is 30.4 Å². The number of hydrogen-bond donors (Lipinski definition) is 1. The van der Waals surface area contributed by atoms with Gasteiger partial charge in [-0.05, 0) is 48.7 Å². The van der Waals surface area contributed by atoms with Gasteiger partial charge in [0, 0.05) is 37.4 Å². The van der Waals surface area contributed by atoms with E-state index in [1.165, 1.54) is 16.5 Å². The molecule has 2 saturated heterocycles. The van der Waals surface area contributed by atoms with Crippen LogP contribution < -0.4 is 15.1 Å². The van der Waals surface area contributed by atoms with Gasteiger partial charge in [-0.15, -0.1) is 0 Å². The number of aryl methyl sites for hydroxylation is 1. The summed E-state index contributed by atoms with van der Waals surface area (Å²) in [7, 11) is 0. The number of morpholine rings is 1. The van der Waals surface area contributed by atoms with Gasteiger partial charge < -0.3 is 19.9 Å². The second-order valence-electron chi connectivity index (χ2n) is 8.99. The highest BCUT2D eigenvalue weighted by atomic mass is 19.4. The zero-order valence-electron chi connectivity index (χ0n) is 19.7. The Balaban J connectivity index is 1.46. The number of carbonyl (C=O) groups excluding carboxylic acids is 2. The number of rotatable bonds is 7. The van der Waals surface area contributed by atoms with Crippen molar-refractivity contribution in [3.63, 3.8) is 0 Å². The minimum atomic E-state index is -4.64. The largest absolute Gasteiger partial charge is 0.418 e. The van der Waals surface area contributed by atoms with Gasteiger partial charge >= 0.3 is 6.18 Å². The number of carbonyl (C=O) groups is 2. The van der Waals surface area contributed by atoms with E-state index in [9.17, 15) is 22.8 Å². The van der Waals surface area contributed by atoms with Crippen LogP contribution >= 0.6 is 0 Å². The molecule has 0 bridgehead atoms. The predicted octanol–water partition coefficient (Wildman–Crippen LogP) is 4.88. The quantitative estimate of drug-likeness (QED) is 0.603. The minimum Gasteiger partial charge on any atom is -0.378 e. The number of anilines is 3. The molecule has 1 atom stereocenters. The zero-order valence-corrected chi connectivity index (χ0v) is 19.7. The Labute approximate surface area is 203 Å². The first-order chi connectivity index (χ1) is 16.8. The lowest BCUT2D eigenvalue weighted by Gasteiger charge is -2.29. The Hall–Kier alpha value is -3.07. The molecule has 1 N–H and O–H groups in total. The minimum absolute atomic E-state index is 0.0450. The van der Waals surface area contributed by atoms with Crippen LogP contribution in [0.15, 0.2) is 42.5 Å². The molecule has 2 fully saturated rings. The van der Waals surface area contributed by atoms with Crippen LogP contribution in [0.2, 0.25) is 0 Å². The van der Waals surface area contributed by atoms with E-state index in [0.29, 0.717) is 37.7 Å². The van der Waals surface area contributed by atoms with Crippen molar-refractivity contribution in [2.24, 2.45) is 5.92 Å². The van der Waals surface area contributed by atoms with Crippen molar-refractivity contribution in [3.8, 4) is 0 Å². The Kier molecular flexibility index (Phi) is 7.64.